The van der Waals surface area contributed by atoms with Gasteiger partial charge in [-0.3, -0.25) is 0 Å². The van der Waals surface area contributed by atoms with E-state index in [1.165, 1.54) is 25.7 Å². The summed E-state index contributed by atoms with van der Waals surface area (Å²) < 4.78 is 0. The Hall–Kier alpha value is 0.250. The average Bonchev–Trinajstić information content (AvgIpc) is 2.20. The molecule has 2 atom stereocenters. The molecule has 2 heteroatoms. The van der Waals surface area contributed by atoms with Crippen LogP contribution in [0, 0.1) is 0 Å². The highest BCUT2D eigenvalue weighted by atomic mass is 35.5. The van der Waals surface area contributed by atoms with E-state index in [0.29, 0.717) is 5.38 Å². The first-order valence-corrected chi connectivity index (χ1v) is 4.57. The third-order valence-electron chi connectivity index (χ3n) is 3.04. The van der Waals surface area contributed by atoms with Gasteiger partial charge in [-0.15, -0.1) is 11.6 Å². The number of piperidine rings is 1. The molecule has 2 heterocycles. The van der Waals surface area contributed by atoms with Crippen molar-refractivity contribution in [2.75, 3.05) is 7.05 Å². The summed E-state index contributed by atoms with van der Waals surface area (Å²) in [5.74, 6) is 0. The van der Waals surface area contributed by atoms with Gasteiger partial charge in [0.1, 0.15) is 0 Å². The maximum absolute atomic E-state index is 6.08. The molecule has 2 saturated heterocycles. The second-order valence-electron chi connectivity index (χ2n) is 3.62. The molecule has 1 nitrogen and oxygen atoms in total. The summed E-state index contributed by atoms with van der Waals surface area (Å²) >= 11 is 6.08. The summed E-state index contributed by atoms with van der Waals surface area (Å²) in [5, 5.41) is 0.466. The van der Waals surface area contributed by atoms with Crippen molar-refractivity contribution < 1.29 is 0 Å². The molecule has 2 fully saturated rings. The lowest BCUT2D eigenvalue weighted by Gasteiger charge is -2.33. The van der Waals surface area contributed by atoms with Gasteiger partial charge in [-0.1, -0.05) is 0 Å². The molecule has 0 N–H and O–H groups in total. The van der Waals surface area contributed by atoms with Crippen molar-refractivity contribution in [1.82, 2.24) is 4.90 Å². The molecule has 0 amide bonds. The second kappa shape index (κ2) is 2.38. The minimum Gasteiger partial charge on any atom is -0.300 e. The van der Waals surface area contributed by atoms with E-state index in [0.717, 1.165) is 12.1 Å². The molecule has 0 spiro atoms. The first-order valence-electron chi connectivity index (χ1n) is 4.13. The smallest absolute Gasteiger partial charge is 0.0365 e. The van der Waals surface area contributed by atoms with Gasteiger partial charge in [-0.25, -0.2) is 0 Å². The van der Waals surface area contributed by atoms with Crippen LogP contribution >= 0.6 is 11.6 Å². The van der Waals surface area contributed by atoms with E-state index in [-0.39, 0.29) is 0 Å². The van der Waals surface area contributed by atoms with Crippen LogP contribution in [-0.2, 0) is 0 Å². The fourth-order valence-electron chi connectivity index (χ4n) is 2.35. The van der Waals surface area contributed by atoms with Crippen LogP contribution in [0.3, 0.4) is 0 Å². The van der Waals surface area contributed by atoms with Crippen molar-refractivity contribution in [3.05, 3.63) is 0 Å². The Morgan fingerprint density at radius 1 is 1.20 bits per heavy atom. The fourth-order valence-corrected chi connectivity index (χ4v) is 2.76. The van der Waals surface area contributed by atoms with Gasteiger partial charge < -0.3 is 4.90 Å². The highest BCUT2D eigenvalue weighted by Crippen LogP contribution is 2.36. The van der Waals surface area contributed by atoms with Gasteiger partial charge in [-0.2, -0.15) is 0 Å². The van der Waals surface area contributed by atoms with Gasteiger partial charge in [0.05, 0.1) is 0 Å². The van der Waals surface area contributed by atoms with Gasteiger partial charge in [0, 0.05) is 17.5 Å². The van der Waals surface area contributed by atoms with Crippen molar-refractivity contribution in [1.29, 1.82) is 0 Å². The summed E-state index contributed by atoms with van der Waals surface area (Å²) in [6.07, 6.45) is 5.19. The fraction of sp³-hybridized carbons (Fsp3) is 1.00. The Morgan fingerprint density at radius 3 is 2.20 bits per heavy atom. The molecule has 0 aromatic heterocycles. The zero-order chi connectivity index (χ0) is 7.14. The molecule has 2 aliphatic rings. The first-order chi connectivity index (χ1) is 4.77. The molecule has 0 aromatic carbocycles. The summed E-state index contributed by atoms with van der Waals surface area (Å²) in [7, 11) is 2.24. The van der Waals surface area contributed by atoms with Crippen LogP contribution in [0.15, 0.2) is 0 Å². The van der Waals surface area contributed by atoms with Gasteiger partial charge >= 0.3 is 0 Å². The van der Waals surface area contributed by atoms with Crippen molar-refractivity contribution in [2.24, 2.45) is 0 Å². The summed E-state index contributed by atoms with van der Waals surface area (Å²) in [6.45, 7) is 0. The normalized spacial score (nSPS) is 48.0. The predicted octanol–water partition coefficient (Wildman–Crippen LogP) is 1.85. The van der Waals surface area contributed by atoms with E-state index in [1.54, 1.807) is 0 Å². The molecule has 0 aliphatic carbocycles. The van der Waals surface area contributed by atoms with E-state index < -0.39 is 0 Å². The number of hydrogen-bond donors (Lipinski definition) is 0. The number of rotatable bonds is 0. The topological polar surface area (TPSA) is 3.24 Å². The Bertz CT molecular complexity index is 123. The number of hydrogen-bond acceptors (Lipinski definition) is 1. The molecule has 0 saturated carbocycles. The van der Waals surface area contributed by atoms with Crippen molar-refractivity contribution in [3.8, 4) is 0 Å². The summed E-state index contributed by atoms with van der Waals surface area (Å²) in [5.41, 5.74) is 0. The highest BCUT2D eigenvalue weighted by Gasteiger charge is 2.37. The number of halogens is 1. The van der Waals surface area contributed by atoms with Crippen molar-refractivity contribution >= 4 is 11.6 Å². The summed E-state index contributed by atoms with van der Waals surface area (Å²) in [6, 6.07) is 1.61. The van der Waals surface area contributed by atoms with E-state index >= 15 is 0 Å². The Balaban J connectivity index is 2.09. The van der Waals surface area contributed by atoms with Crippen LogP contribution in [0.2, 0.25) is 0 Å². The third kappa shape index (κ3) is 0.960. The molecule has 2 aliphatic heterocycles. The second-order valence-corrected chi connectivity index (χ2v) is 4.24. The van der Waals surface area contributed by atoms with Crippen LogP contribution < -0.4 is 0 Å². The SMILES string of the molecule is CN1[C@H]2CC[C@H]1CC(Cl)C2. The lowest BCUT2D eigenvalue weighted by Crippen LogP contribution is -2.40. The van der Waals surface area contributed by atoms with Gasteiger partial charge in [0.2, 0.25) is 0 Å². The highest BCUT2D eigenvalue weighted by molar-refractivity contribution is 6.20. The lowest BCUT2D eigenvalue weighted by molar-refractivity contribution is 0.181. The molecule has 2 rings (SSSR count). The number of nitrogens with zero attached hydrogens (tertiary/aromatic N) is 1. The molecule has 58 valence electrons. The maximum atomic E-state index is 6.08. The Kier molecular flexibility index (Phi) is 1.65. The zero-order valence-electron chi connectivity index (χ0n) is 6.39. The quantitative estimate of drug-likeness (QED) is 0.488. The van der Waals surface area contributed by atoms with Crippen LogP contribution in [0.4, 0.5) is 0 Å². The van der Waals surface area contributed by atoms with E-state index in [2.05, 4.69) is 11.9 Å². The van der Waals surface area contributed by atoms with E-state index in [9.17, 15) is 0 Å². The monoisotopic (exact) mass is 159 g/mol. The number of alkyl halides is 1. The summed E-state index contributed by atoms with van der Waals surface area (Å²) in [4.78, 5) is 2.51. The standard InChI is InChI=1S/C8H14ClN/c1-10-7-2-3-8(10)5-6(9)4-7/h6-8H,2-5H2,1H3/t7-,8-/m0/s1. The van der Waals surface area contributed by atoms with Crippen LogP contribution in [0.25, 0.3) is 0 Å². The average molecular weight is 160 g/mol. The molecule has 0 radical (unpaired) electrons. The van der Waals surface area contributed by atoms with Gasteiger partial charge in [0.15, 0.2) is 0 Å². The molecular weight excluding hydrogens is 146 g/mol. The van der Waals surface area contributed by atoms with Crippen LogP contribution in [0.1, 0.15) is 25.7 Å². The largest absolute Gasteiger partial charge is 0.300 e. The lowest BCUT2D eigenvalue weighted by atomic mass is 10.0. The molecule has 2 bridgehead atoms. The maximum Gasteiger partial charge on any atom is 0.0365 e. The van der Waals surface area contributed by atoms with Crippen molar-refractivity contribution in [2.45, 2.75) is 43.1 Å². The zero-order valence-corrected chi connectivity index (χ0v) is 7.14. The van der Waals surface area contributed by atoms with Gasteiger partial charge in [0.25, 0.3) is 0 Å². The minimum atomic E-state index is 0.466. The number of fused-ring (bicyclic) bond motifs is 2. The molecular formula is C8H14ClN. The van der Waals surface area contributed by atoms with E-state index in [1.807, 2.05) is 0 Å². The van der Waals surface area contributed by atoms with Crippen LogP contribution in [-0.4, -0.2) is 29.4 Å². The molecule has 0 aromatic rings. The third-order valence-corrected chi connectivity index (χ3v) is 3.40. The Morgan fingerprint density at radius 2 is 1.70 bits per heavy atom. The Labute approximate surface area is 67.3 Å². The van der Waals surface area contributed by atoms with Crippen molar-refractivity contribution in [3.63, 3.8) is 0 Å². The predicted molar refractivity (Wildman–Crippen MR) is 43.4 cm³/mol. The first kappa shape index (κ1) is 6.93. The molecule has 10 heavy (non-hydrogen) atoms. The minimum absolute atomic E-state index is 0.466. The molecule has 0 unspecified atom stereocenters. The van der Waals surface area contributed by atoms with E-state index in [4.69, 9.17) is 11.6 Å². The van der Waals surface area contributed by atoms with Gasteiger partial charge in [-0.05, 0) is 32.7 Å². The van der Waals surface area contributed by atoms with Crippen LogP contribution in [0.5, 0.6) is 0 Å².